The fourth-order valence-corrected chi connectivity index (χ4v) is 5.55. The molecule has 6 heteroatoms. The fourth-order valence-electron chi connectivity index (χ4n) is 3.34. The molecule has 3 rings (SSSR count). The maximum atomic E-state index is 12.7. The van der Waals surface area contributed by atoms with Crippen molar-refractivity contribution in [3.63, 3.8) is 0 Å². The van der Waals surface area contributed by atoms with E-state index in [2.05, 4.69) is 0 Å². The smallest absolute Gasteiger partial charge is 0.252 e. The van der Waals surface area contributed by atoms with Crippen molar-refractivity contribution in [1.29, 1.82) is 0 Å². The minimum absolute atomic E-state index is 0.230. The van der Waals surface area contributed by atoms with E-state index < -0.39 is 32.2 Å². The number of nitrogens with zero attached hydrogens (tertiary/aromatic N) is 1. The number of hydrogen-bond acceptors (Lipinski definition) is 4. The standard InChI is InChI=1S/C16H19NO4S/c18-15-11-14(22(20,21)13-9-5-2-6-10-13)16(19)17(15)12-7-3-1-4-8-12/h1,3-4,7-8,13-14H,2,5-6,9-11H2/t14-/m1/s1. The summed E-state index contributed by atoms with van der Waals surface area (Å²) in [5.41, 5.74) is 0.443. The van der Waals surface area contributed by atoms with Gasteiger partial charge in [0.1, 0.15) is 5.25 Å². The number of imide groups is 1. The minimum Gasteiger partial charge on any atom is -0.274 e. The minimum atomic E-state index is -3.60. The van der Waals surface area contributed by atoms with Crippen LogP contribution in [0, 0.1) is 0 Å². The normalized spacial score (nSPS) is 24.0. The van der Waals surface area contributed by atoms with Gasteiger partial charge in [-0.15, -0.1) is 0 Å². The first-order valence-electron chi connectivity index (χ1n) is 7.66. The zero-order chi connectivity index (χ0) is 15.7. The number of hydrogen-bond donors (Lipinski definition) is 0. The lowest BCUT2D eigenvalue weighted by atomic mass is 10.0. The summed E-state index contributed by atoms with van der Waals surface area (Å²) in [6.07, 6.45) is 3.77. The van der Waals surface area contributed by atoms with Crippen molar-refractivity contribution < 1.29 is 18.0 Å². The van der Waals surface area contributed by atoms with Gasteiger partial charge < -0.3 is 0 Å². The topological polar surface area (TPSA) is 71.5 Å². The molecule has 2 amide bonds. The van der Waals surface area contributed by atoms with Crippen molar-refractivity contribution in [3.05, 3.63) is 30.3 Å². The number of carbonyl (C=O) groups excluding carboxylic acids is 2. The zero-order valence-electron chi connectivity index (χ0n) is 12.3. The Kier molecular flexibility index (Phi) is 4.04. The summed E-state index contributed by atoms with van der Waals surface area (Å²) >= 11 is 0. The van der Waals surface area contributed by atoms with Crippen molar-refractivity contribution in [2.75, 3.05) is 4.90 Å². The van der Waals surface area contributed by atoms with E-state index >= 15 is 0 Å². The predicted molar refractivity (Wildman–Crippen MR) is 83.1 cm³/mol. The number of carbonyl (C=O) groups is 2. The van der Waals surface area contributed by atoms with Crippen LogP contribution in [0.4, 0.5) is 5.69 Å². The van der Waals surface area contributed by atoms with Crippen LogP contribution in [0.3, 0.4) is 0 Å². The lowest BCUT2D eigenvalue weighted by molar-refractivity contribution is -0.121. The Hall–Kier alpha value is -1.69. The predicted octanol–water partition coefficient (Wildman–Crippen LogP) is 2.07. The molecule has 1 atom stereocenters. The average molecular weight is 321 g/mol. The summed E-state index contributed by atoms with van der Waals surface area (Å²) < 4.78 is 25.4. The van der Waals surface area contributed by atoms with E-state index in [-0.39, 0.29) is 6.42 Å². The highest BCUT2D eigenvalue weighted by atomic mass is 32.2. The zero-order valence-corrected chi connectivity index (χ0v) is 13.1. The van der Waals surface area contributed by atoms with Crippen LogP contribution in [0.1, 0.15) is 38.5 Å². The Labute approximate surface area is 130 Å². The van der Waals surface area contributed by atoms with Gasteiger partial charge in [-0.05, 0) is 25.0 Å². The summed E-state index contributed by atoms with van der Waals surface area (Å²) in [4.78, 5) is 25.7. The fraction of sp³-hybridized carbons (Fsp3) is 0.500. The van der Waals surface area contributed by atoms with Crippen LogP contribution in [0.25, 0.3) is 0 Å². The van der Waals surface area contributed by atoms with Gasteiger partial charge in [0.25, 0.3) is 5.91 Å². The lowest BCUT2D eigenvalue weighted by Gasteiger charge is -2.24. The van der Waals surface area contributed by atoms with Crippen LogP contribution in [0.5, 0.6) is 0 Å². The molecule has 118 valence electrons. The van der Waals surface area contributed by atoms with Crippen molar-refractivity contribution in [2.24, 2.45) is 0 Å². The quantitative estimate of drug-likeness (QED) is 0.799. The molecule has 0 aromatic heterocycles. The molecule has 0 spiro atoms. The first-order valence-corrected chi connectivity index (χ1v) is 9.27. The van der Waals surface area contributed by atoms with Crippen LogP contribution in [-0.4, -0.2) is 30.7 Å². The van der Waals surface area contributed by atoms with Crippen LogP contribution in [0.15, 0.2) is 30.3 Å². The third-order valence-corrected chi connectivity index (χ3v) is 7.10. The Morgan fingerprint density at radius 1 is 0.955 bits per heavy atom. The molecule has 1 aromatic carbocycles. The van der Waals surface area contributed by atoms with E-state index in [0.717, 1.165) is 24.2 Å². The average Bonchev–Trinajstić information content (AvgIpc) is 2.84. The molecule has 1 aliphatic carbocycles. The molecule has 0 unspecified atom stereocenters. The van der Waals surface area contributed by atoms with Gasteiger partial charge in [-0.1, -0.05) is 37.5 Å². The number of benzene rings is 1. The van der Waals surface area contributed by atoms with E-state index in [1.165, 1.54) is 0 Å². The van der Waals surface area contributed by atoms with Gasteiger partial charge in [-0.25, -0.2) is 13.3 Å². The Morgan fingerprint density at radius 2 is 1.59 bits per heavy atom. The van der Waals surface area contributed by atoms with Crippen LogP contribution >= 0.6 is 0 Å². The summed E-state index contributed by atoms with van der Waals surface area (Å²) in [5.74, 6) is -1.03. The molecule has 2 fully saturated rings. The Morgan fingerprint density at radius 3 is 2.23 bits per heavy atom. The van der Waals surface area contributed by atoms with Crippen molar-refractivity contribution in [1.82, 2.24) is 0 Å². The SMILES string of the molecule is O=C1C[C@@H](S(=O)(=O)C2CCCCC2)C(=O)N1c1ccccc1. The van der Waals surface area contributed by atoms with Gasteiger partial charge in [0.2, 0.25) is 5.91 Å². The van der Waals surface area contributed by atoms with Gasteiger partial charge >= 0.3 is 0 Å². The van der Waals surface area contributed by atoms with Gasteiger partial charge in [0.15, 0.2) is 9.84 Å². The molecule has 1 aliphatic heterocycles. The monoisotopic (exact) mass is 321 g/mol. The summed E-state index contributed by atoms with van der Waals surface area (Å²) in [6, 6.07) is 8.51. The summed E-state index contributed by atoms with van der Waals surface area (Å²) in [7, 11) is -3.60. The van der Waals surface area contributed by atoms with Crippen LogP contribution in [-0.2, 0) is 19.4 Å². The van der Waals surface area contributed by atoms with Crippen molar-refractivity contribution >= 4 is 27.3 Å². The molecule has 22 heavy (non-hydrogen) atoms. The lowest BCUT2D eigenvalue weighted by Crippen LogP contribution is -2.40. The molecular weight excluding hydrogens is 302 g/mol. The molecule has 2 aliphatic rings. The maximum absolute atomic E-state index is 12.7. The van der Waals surface area contributed by atoms with E-state index in [0.29, 0.717) is 18.5 Å². The molecule has 1 saturated heterocycles. The highest BCUT2D eigenvalue weighted by Gasteiger charge is 2.49. The first kappa shape index (κ1) is 15.2. The third kappa shape index (κ3) is 2.56. The second-order valence-electron chi connectivity index (χ2n) is 5.94. The molecule has 1 aromatic rings. The highest BCUT2D eigenvalue weighted by molar-refractivity contribution is 7.93. The van der Waals surface area contributed by atoms with Gasteiger partial charge in [-0.2, -0.15) is 0 Å². The van der Waals surface area contributed by atoms with E-state index in [1.807, 2.05) is 0 Å². The van der Waals surface area contributed by atoms with Crippen LogP contribution < -0.4 is 4.90 Å². The third-order valence-electron chi connectivity index (χ3n) is 4.53. The van der Waals surface area contributed by atoms with Gasteiger partial charge in [0.05, 0.1) is 17.4 Å². The molecule has 5 nitrogen and oxygen atoms in total. The molecule has 0 radical (unpaired) electrons. The second kappa shape index (κ2) is 5.83. The van der Waals surface area contributed by atoms with E-state index in [9.17, 15) is 18.0 Å². The highest BCUT2D eigenvalue weighted by Crippen LogP contribution is 2.32. The number of rotatable bonds is 3. The molecule has 0 bridgehead atoms. The number of sulfone groups is 1. The van der Waals surface area contributed by atoms with E-state index in [1.54, 1.807) is 30.3 Å². The summed E-state index contributed by atoms with van der Waals surface area (Å²) in [6.45, 7) is 0. The molecule has 0 N–H and O–H groups in total. The van der Waals surface area contributed by atoms with Gasteiger partial charge in [0, 0.05) is 0 Å². The molecule has 1 saturated carbocycles. The first-order chi connectivity index (χ1) is 10.5. The Balaban J connectivity index is 1.87. The number of anilines is 1. The number of para-hydroxylation sites is 1. The molecule has 1 heterocycles. The Bertz CT molecular complexity index is 677. The molecular formula is C16H19NO4S. The van der Waals surface area contributed by atoms with E-state index in [4.69, 9.17) is 0 Å². The number of amides is 2. The largest absolute Gasteiger partial charge is 0.274 e. The maximum Gasteiger partial charge on any atom is 0.252 e. The summed E-state index contributed by atoms with van der Waals surface area (Å²) in [5, 5.41) is -1.68. The van der Waals surface area contributed by atoms with Crippen LogP contribution in [0.2, 0.25) is 0 Å². The van der Waals surface area contributed by atoms with Crippen molar-refractivity contribution in [3.8, 4) is 0 Å². The van der Waals surface area contributed by atoms with Crippen molar-refractivity contribution in [2.45, 2.75) is 49.0 Å². The van der Waals surface area contributed by atoms with Gasteiger partial charge in [-0.3, -0.25) is 9.59 Å². The second-order valence-corrected chi connectivity index (χ2v) is 8.36.